The number of phenols is 1. The van der Waals surface area contributed by atoms with Crippen LogP contribution in [0.2, 0.25) is 0 Å². The van der Waals surface area contributed by atoms with Crippen molar-refractivity contribution in [3.05, 3.63) is 71.8 Å². The van der Waals surface area contributed by atoms with E-state index in [-0.39, 0.29) is 11.3 Å². The SMILES string of the molecule is COc1ccc(-c2nc(-c3cc(C)cc(C=O)c3O)[nH]c2-c2ccc(OC)cc2)cc1. The number of phenolic OH excluding ortho intramolecular Hbond substituents is 1. The Labute approximate surface area is 180 Å². The lowest BCUT2D eigenvalue weighted by molar-refractivity contribution is 0.112. The van der Waals surface area contributed by atoms with Gasteiger partial charge < -0.3 is 19.6 Å². The van der Waals surface area contributed by atoms with E-state index in [1.54, 1.807) is 26.4 Å². The van der Waals surface area contributed by atoms with E-state index < -0.39 is 0 Å². The third-order valence-electron chi connectivity index (χ3n) is 5.11. The zero-order valence-corrected chi connectivity index (χ0v) is 17.5. The predicted octanol–water partition coefficient (Wildman–Crippen LogP) is 5.25. The number of carbonyl (C=O) groups is 1. The van der Waals surface area contributed by atoms with Crippen LogP contribution in [0.25, 0.3) is 33.9 Å². The van der Waals surface area contributed by atoms with Gasteiger partial charge in [0, 0.05) is 11.1 Å². The number of methoxy groups -OCH3 is 2. The Bertz CT molecular complexity index is 1160. The molecule has 0 saturated carbocycles. The van der Waals surface area contributed by atoms with E-state index in [1.165, 1.54) is 0 Å². The summed E-state index contributed by atoms with van der Waals surface area (Å²) < 4.78 is 10.5. The molecule has 3 aromatic carbocycles. The number of rotatable bonds is 6. The van der Waals surface area contributed by atoms with Crippen molar-refractivity contribution >= 4 is 6.29 Å². The van der Waals surface area contributed by atoms with E-state index >= 15 is 0 Å². The molecule has 4 aromatic rings. The second-order valence-corrected chi connectivity index (χ2v) is 7.13. The summed E-state index contributed by atoms with van der Waals surface area (Å²) in [7, 11) is 3.24. The first-order chi connectivity index (χ1) is 15.0. The number of aromatic amines is 1. The summed E-state index contributed by atoms with van der Waals surface area (Å²) in [5.74, 6) is 1.87. The first-order valence-electron chi connectivity index (χ1n) is 9.72. The van der Waals surface area contributed by atoms with Crippen LogP contribution in [0.15, 0.2) is 60.7 Å². The number of H-pyrrole nitrogens is 1. The Kier molecular flexibility index (Phi) is 5.45. The number of ether oxygens (including phenoxy) is 2. The Balaban J connectivity index is 1.91. The van der Waals surface area contributed by atoms with Crippen molar-refractivity contribution < 1.29 is 19.4 Å². The number of hydrogen-bond donors (Lipinski definition) is 2. The van der Waals surface area contributed by atoms with Gasteiger partial charge in [-0.1, -0.05) is 0 Å². The molecule has 0 spiro atoms. The number of aryl methyl sites for hydroxylation is 1. The third kappa shape index (κ3) is 3.88. The quantitative estimate of drug-likeness (QED) is 0.421. The number of nitrogens with zero attached hydrogens (tertiary/aromatic N) is 1. The van der Waals surface area contributed by atoms with Gasteiger partial charge in [0.2, 0.25) is 0 Å². The highest BCUT2D eigenvalue weighted by molar-refractivity contribution is 5.87. The smallest absolute Gasteiger partial charge is 0.153 e. The summed E-state index contributed by atoms with van der Waals surface area (Å²) in [5.41, 5.74) is 4.85. The third-order valence-corrected chi connectivity index (χ3v) is 5.11. The second kappa shape index (κ2) is 8.36. The summed E-state index contributed by atoms with van der Waals surface area (Å²) in [4.78, 5) is 19.5. The highest BCUT2D eigenvalue weighted by atomic mass is 16.5. The van der Waals surface area contributed by atoms with E-state index in [2.05, 4.69) is 4.98 Å². The Hall–Kier alpha value is -4.06. The standard InChI is InChI=1S/C25H22N2O4/c1-15-12-18(14-28)24(29)21(13-15)25-26-22(16-4-8-19(30-2)9-5-16)23(27-25)17-6-10-20(31-3)11-7-17/h4-14,29H,1-3H3,(H,26,27). The second-order valence-electron chi connectivity index (χ2n) is 7.13. The molecular weight excluding hydrogens is 392 g/mol. The molecule has 156 valence electrons. The van der Waals surface area contributed by atoms with Crippen LogP contribution in [-0.2, 0) is 0 Å². The predicted molar refractivity (Wildman–Crippen MR) is 120 cm³/mol. The maximum absolute atomic E-state index is 11.4. The fraction of sp³-hybridized carbons (Fsp3) is 0.120. The maximum atomic E-state index is 11.4. The van der Waals surface area contributed by atoms with Gasteiger partial charge in [-0.3, -0.25) is 4.79 Å². The van der Waals surface area contributed by atoms with Crippen LogP contribution in [0, 0.1) is 6.92 Å². The Morgan fingerprint density at radius 1 is 0.903 bits per heavy atom. The molecule has 1 heterocycles. The molecule has 4 rings (SSSR count). The first-order valence-corrected chi connectivity index (χ1v) is 9.72. The van der Waals surface area contributed by atoms with E-state index in [9.17, 15) is 9.90 Å². The lowest BCUT2D eigenvalue weighted by Gasteiger charge is -2.06. The van der Waals surface area contributed by atoms with E-state index in [4.69, 9.17) is 14.5 Å². The summed E-state index contributed by atoms with van der Waals surface area (Å²) in [6.07, 6.45) is 0.642. The molecule has 2 N–H and O–H groups in total. The lowest BCUT2D eigenvalue weighted by Crippen LogP contribution is -1.90. The number of benzene rings is 3. The number of aromatic hydroxyl groups is 1. The molecule has 31 heavy (non-hydrogen) atoms. The average Bonchev–Trinajstić information content (AvgIpc) is 3.25. The summed E-state index contributed by atoms with van der Waals surface area (Å²) in [6, 6.07) is 18.7. The van der Waals surface area contributed by atoms with Crippen molar-refractivity contribution in [3.8, 4) is 51.2 Å². The fourth-order valence-corrected chi connectivity index (χ4v) is 3.50. The van der Waals surface area contributed by atoms with Gasteiger partial charge in [0.25, 0.3) is 0 Å². The molecule has 0 aliphatic rings. The van der Waals surface area contributed by atoms with Gasteiger partial charge in [-0.2, -0.15) is 0 Å². The van der Waals surface area contributed by atoms with Gasteiger partial charge in [0.15, 0.2) is 6.29 Å². The van der Waals surface area contributed by atoms with Crippen LogP contribution in [0.4, 0.5) is 0 Å². The van der Waals surface area contributed by atoms with Crippen LogP contribution < -0.4 is 9.47 Å². The topological polar surface area (TPSA) is 84.4 Å². The molecule has 6 heteroatoms. The summed E-state index contributed by atoms with van der Waals surface area (Å²) in [5, 5.41) is 10.6. The van der Waals surface area contributed by atoms with Gasteiger partial charge in [0.05, 0.1) is 36.7 Å². The zero-order valence-electron chi connectivity index (χ0n) is 17.5. The highest BCUT2D eigenvalue weighted by Gasteiger charge is 2.19. The number of aldehydes is 1. The van der Waals surface area contributed by atoms with Crippen molar-refractivity contribution in [1.82, 2.24) is 9.97 Å². The number of nitrogens with one attached hydrogen (secondary N) is 1. The van der Waals surface area contributed by atoms with Crippen LogP contribution >= 0.6 is 0 Å². The summed E-state index contributed by atoms with van der Waals surface area (Å²) in [6.45, 7) is 1.87. The van der Waals surface area contributed by atoms with Crippen molar-refractivity contribution in [1.29, 1.82) is 0 Å². The number of imidazole rings is 1. The molecule has 0 aliphatic carbocycles. The van der Waals surface area contributed by atoms with Crippen molar-refractivity contribution in [2.24, 2.45) is 0 Å². The molecule has 6 nitrogen and oxygen atoms in total. The molecule has 0 aliphatic heterocycles. The molecule has 0 radical (unpaired) electrons. The fourth-order valence-electron chi connectivity index (χ4n) is 3.50. The number of hydrogen-bond acceptors (Lipinski definition) is 5. The maximum Gasteiger partial charge on any atom is 0.153 e. The highest BCUT2D eigenvalue weighted by Crippen LogP contribution is 2.37. The molecule has 0 bridgehead atoms. The molecular formula is C25H22N2O4. The van der Waals surface area contributed by atoms with Crippen LogP contribution in [0.5, 0.6) is 17.2 Å². The van der Waals surface area contributed by atoms with E-state index in [0.29, 0.717) is 17.7 Å². The van der Waals surface area contributed by atoms with Crippen LogP contribution in [-0.4, -0.2) is 35.6 Å². The number of aromatic nitrogens is 2. The molecule has 0 unspecified atom stereocenters. The van der Waals surface area contributed by atoms with Crippen molar-refractivity contribution in [3.63, 3.8) is 0 Å². The van der Waals surface area contributed by atoms with Gasteiger partial charge in [-0.05, 0) is 73.2 Å². The lowest BCUT2D eigenvalue weighted by atomic mass is 10.0. The average molecular weight is 414 g/mol. The van der Waals surface area contributed by atoms with Crippen LogP contribution in [0.1, 0.15) is 15.9 Å². The molecule has 1 aromatic heterocycles. The Morgan fingerprint density at radius 2 is 1.48 bits per heavy atom. The minimum Gasteiger partial charge on any atom is -0.506 e. The Morgan fingerprint density at radius 3 is 2.03 bits per heavy atom. The first kappa shape index (κ1) is 20.2. The van der Waals surface area contributed by atoms with Crippen molar-refractivity contribution in [2.75, 3.05) is 14.2 Å². The molecule has 0 amide bonds. The van der Waals surface area contributed by atoms with E-state index in [1.807, 2.05) is 55.5 Å². The zero-order chi connectivity index (χ0) is 22.0. The van der Waals surface area contributed by atoms with Gasteiger partial charge in [-0.25, -0.2) is 4.98 Å². The minimum atomic E-state index is -0.100. The molecule has 0 fully saturated rings. The largest absolute Gasteiger partial charge is 0.506 e. The molecule has 0 saturated heterocycles. The van der Waals surface area contributed by atoms with Gasteiger partial charge in [-0.15, -0.1) is 0 Å². The van der Waals surface area contributed by atoms with Gasteiger partial charge >= 0.3 is 0 Å². The monoisotopic (exact) mass is 414 g/mol. The normalized spacial score (nSPS) is 10.7. The van der Waals surface area contributed by atoms with Gasteiger partial charge in [0.1, 0.15) is 23.1 Å². The number of carbonyl (C=O) groups excluding carboxylic acids is 1. The van der Waals surface area contributed by atoms with Crippen LogP contribution in [0.3, 0.4) is 0 Å². The molecule has 0 atom stereocenters. The minimum absolute atomic E-state index is 0.100. The van der Waals surface area contributed by atoms with E-state index in [0.717, 1.165) is 39.6 Å². The van der Waals surface area contributed by atoms with Crippen molar-refractivity contribution in [2.45, 2.75) is 6.92 Å². The summed E-state index contributed by atoms with van der Waals surface area (Å²) >= 11 is 0.